The number of thiophene rings is 1. The molecule has 1 N–H and O–H groups in total. The molecule has 0 amide bonds. The molecule has 0 atom stereocenters. The molecule has 0 spiro atoms. The van der Waals surface area contributed by atoms with Crippen LogP contribution >= 0.6 is 46.1 Å². The van der Waals surface area contributed by atoms with Gasteiger partial charge in [0, 0.05) is 6.42 Å². The fraction of sp³-hybridized carbons (Fsp3) is 0.429. The number of phenolic OH excluding ortho intramolecular Hbond substituents is 1. The molecule has 2 aromatic rings. The van der Waals surface area contributed by atoms with Gasteiger partial charge in [0.2, 0.25) is 0 Å². The van der Waals surface area contributed by atoms with Crippen molar-refractivity contribution in [3.05, 3.63) is 43.0 Å². The summed E-state index contributed by atoms with van der Waals surface area (Å²) in [5, 5.41) is 10.0. The minimum Gasteiger partial charge on any atom is -0.507 e. The summed E-state index contributed by atoms with van der Waals surface area (Å²) >= 11 is 18.6. The molecular formula is C21H23Cl3O7S2. The number of phenols is 1. The smallest absolute Gasteiger partial charge is 0.341 e. The summed E-state index contributed by atoms with van der Waals surface area (Å²) in [6, 6.07) is 3.81. The molecule has 1 aromatic carbocycles. The first-order chi connectivity index (χ1) is 15.2. The predicted molar refractivity (Wildman–Crippen MR) is 128 cm³/mol. The van der Waals surface area contributed by atoms with Gasteiger partial charge < -0.3 is 14.6 Å². The molecule has 0 unspecified atom stereocenters. The molecular weight excluding hydrogens is 535 g/mol. The molecule has 1 heterocycles. The number of hydrogen-bond donors (Lipinski definition) is 1. The van der Waals surface area contributed by atoms with Crippen LogP contribution in [0.4, 0.5) is 0 Å². The summed E-state index contributed by atoms with van der Waals surface area (Å²) < 4.78 is 35.7. The van der Waals surface area contributed by atoms with E-state index in [1.807, 2.05) is 0 Å². The van der Waals surface area contributed by atoms with E-state index < -0.39 is 32.9 Å². The maximum Gasteiger partial charge on any atom is 0.341 e. The number of esters is 2. The van der Waals surface area contributed by atoms with Gasteiger partial charge in [-0.1, -0.05) is 40.9 Å². The van der Waals surface area contributed by atoms with Crippen LogP contribution < -0.4 is 0 Å². The van der Waals surface area contributed by atoms with E-state index in [1.165, 1.54) is 12.1 Å². The van der Waals surface area contributed by atoms with E-state index >= 15 is 0 Å². The molecule has 0 aliphatic heterocycles. The van der Waals surface area contributed by atoms with Crippen LogP contribution in [0.15, 0.2) is 23.1 Å². The fourth-order valence-corrected chi connectivity index (χ4v) is 7.08. The zero-order chi connectivity index (χ0) is 25.0. The van der Waals surface area contributed by atoms with Gasteiger partial charge >= 0.3 is 11.9 Å². The van der Waals surface area contributed by atoms with Gasteiger partial charge in [-0.15, -0.1) is 11.3 Å². The number of rotatable bonds is 9. The van der Waals surface area contributed by atoms with Crippen molar-refractivity contribution >= 4 is 67.9 Å². The van der Waals surface area contributed by atoms with Crippen LogP contribution in [0.3, 0.4) is 0 Å². The Hall–Kier alpha value is -1.52. The number of ether oxygens (including phenoxy) is 2. The SMILES string of the molecule is CC(C)(C)OC(=O)CCCCOC(=O)c1ccc(CS(=O)(=O)c2c(Cl)sc(Cl)c2Cl)cc1O. The molecule has 0 aliphatic rings. The topological polar surface area (TPSA) is 107 Å². The van der Waals surface area contributed by atoms with Crippen LogP contribution in [0, 0.1) is 0 Å². The molecule has 0 saturated heterocycles. The standard InChI is InChI=1S/C21H23Cl3O7S2/c1-21(2,3)31-15(26)6-4-5-9-30-20(27)13-8-7-12(10-14(13)25)11-33(28,29)17-16(22)18(23)32-19(17)24/h7-8,10,25H,4-6,9,11H2,1-3H3. The third-order valence-electron chi connectivity index (χ3n) is 4.11. The highest BCUT2D eigenvalue weighted by atomic mass is 35.5. The lowest BCUT2D eigenvalue weighted by atomic mass is 10.1. The van der Waals surface area contributed by atoms with Crippen molar-refractivity contribution in [3.8, 4) is 5.75 Å². The molecule has 33 heavy (non-hydrogen) atoms. The Labute approximate surface area is 211 Å². The van der Waals surface area contributed by atoms with Gasteiger partial charge in [0.05, 0.1) is 17.4 Å². The Morgan fingerprint density at radius 1 is 1.09 bits per heavy atom. The monoisotopic (exact) mass is 556 g/mol. The fourth-order valence-electron chi connectivity index (χ4n) is 2.74. The predicted octanol–water partition coefficient (Wildman–Crippen LogP) is 6.06. The largest absolute Gasteiger partial charge is 0.507 e. The van der Waals surface area contributed by atoms with Gasteiger partial charge in [-0.05, 0) is 51.3 Å². The Kier molecular flexibility index (Phi) is 9.47. The van der Waals surface area contributed by atoms with Crippen LogP contribution in [0.2, 0.25) is 13.7 Å². The van der Waals surface area contributed by atoms with Crippen molar-refractivity contribution < 1.29 is 32.6 Å². The van der Waals surface area contributed by atoms with Crippen molar-refractivity contribution in [2.24, 2.45) is 0 Å². The van der Waals surface area contributed by atoms with E-state index in [4.69, 9.17) is 44.3 Å². The number of carbonyl (C=O) groups excluding carboxylic acids is 2. The summed E-state index contributed by atoms with van der Waals surface area (Å²) in [7, 11) is -3.95. The Morgan fingerprint density at radius 3 is 2.30 bits per heavy atom. The highest BCUT2D eigenvalue weighted by Crippen LogP contribution is 2.43. The first-order valence-electron chi connectivity index (χ1n) is 9.78. The number of hydrogen-bond acceptors (Lipinski definition) is 8. The average molecular weight is 558 g/mol. The lowest BCUT2D eigenvalue weighted by Gasteiger charge is -2.19. The lowest BCUT2D eigenvalue weighted by Crippen LogP contribution is -2.23. The number of halogens is 3. The second kappa shape index (κ2) is 11.3. The highest BCUT2D eigenvalue weighted by Gasteiger charge is 2.27. The van der Waals surface area contributed by atoms with Crippen LogP contribution in [-0.4, -0.2) is 37.7 Å². The Bertz CT molecular complexity index is 1140. The van der Waals surface area contributed by atoms with E-state index in [0.29, 0.717) is 12.8 Å². The van der Waals surface area contributed by atoms with Crippen molar-refractivity contribution in [2.45, 2.75) is 56.3 Å². The number of unbranched alkanes of at least 4 members (excludes halogenated alkanes) is 1. The second-order valence-electron chi connectivity index (χ2n) is 8.08. The Balaban J connectivity index is 1.93. The van der Waals surface area contributed by atoms with Crippen molar-refractivity contribution in [1.82, 2.24) is 0 Å². The van der Waals surface area contributed by atoms with Crippen molar-refractivity contribution in [1.29, 1.82) is 0 Å². The third kappa shape index (κ3) is 8.03. The van der Waals surface area contributed by atoms with Crippen LogP contribution in [0.1, 0.15) is 56.0 Å². The number of benzene rings is 1. The van der Waals surface area contributed by atoms with Gasteiger partial charge in [0.25, 0.3) is 0 Å². The van der Waals surface area contributed by atoms with Gasteiger partial charge in [-0.2, -0.15) is 0 Å². The van der Waals surface area contributed by atoms with Gasteiger partial charge in [-0.25, -0.2) is 13.2 Å². The summed E-state index contributed by atoms with van der Waals surface area (Å²) in [6.07, 6.45) is 1.11. The van der Waals surface area contributed by atoms with E-state index in [-0.39, 0.29) is 48.7 Å². The zero-order valence-electron chi connectivity index (χ0n) is 18.1. The molecule has 0 saturated carbocycles. The number of carbonyl (C=O) groups is 2. The Morgan fingerprint density at radius 2 is 1.76 bits per heavy atom. The minimum atomic E-state index is -3.95. The molecule has 12 heteroatoms. The maximum atomic E-state index is 12.7. The van der Waals surface area contributed by atoms with Gasteiger partial charge in [0.15, 0.2) is 9.84 Å². The first kappa shape index (κ1) is 27.7. The lowest BCUT2D eigenvalue weighted by molar-refractivity contribution is -0.154. The van der Waals surface area contributed by atoms with E-state index in [9.17, 15) is 23.1 Å². The minimum absolute atomic E-state index is 0.0487. The second-order valence-corrected chi connectivity index (χ2v) is 12.6. The van der Waals surface area contributed by atoms with Crippen LogP contribution in [-0.2, 0) is 29.9 Å². The zero-order valence-corrected chi connectivity index (χ0v) is 22.0. The molecule has 0 fully saturated rings. The number of sulfone groups is 1. The van der Waals surface area contributed by atoms with E-state index in [0.717, 1.165) is 17.4 Å². The van der Waals surface area contributed by atoms with E-state index in [2.05, 4.69) is 0 Å². The van der Waals surface area contributed by atoms with Crippen LogP contribution in [0.5, 0.6) is 5.75 Å². The molecule has 1 aromatic heterocycles. The summed E-state index contributed by atoms with van der Waals surface area (Å²) in [4.78, 5) is 23.6. The van der Waals surface area contributed by atoms with Gasteiger partial charge in [0.1, 0.15) is 30.5 Å². The number of aromatic hydroxyl groups is 1. The molecule has 0 bridgehead atoms. The first-order valence-corrected chi connectivity index (χ1v) is 13.4. The normalized spacial score (nSPS) is 11.9. The molecule has 2 rings (SSSR count). The quantitative estimate of drug-likeness (QED) is 0.295. The summed E-state index contributed by atoms with van der Waals surface area (Å²) in [6.45, 7) is 5.39. The van der Waals surface area contributed by atoms with Crippen molar-refractivity contribution in [2.75, 3.05) is 6.61 Å². The molecule has 0 radical (unpaired) electrons. The average Bonchev–Trinajstić information content (AvgIpc) is 2.91. The molecule has 182 valence electrons. The molecule has 0 aliphatic carbocycles. The van der Waals surface area contributed by atoms with E-state index in [1.54, 1.807) is 20.8 Å². The summed E-state index contributed by atoms with van der Waals surface area (Å²) in [5.74, 6) is -2.03. The van der Waals surface area contributed by atoms with Gasteiger partial charge in [-0.3, -0.25) is 4.79 Å². The highest BCUT2D eigenvalue weighted by molar-refractivity contribution is 7.91. The van der Waals surface area contributed by atoms with Crippen molar-refractivity contribution in [3.63, 3.8) is 0 Å². The third-order valence-corrected chi connectivity index (χ3v) is 8.40. The van der Waals surface area contributed by atoms with Crippen LogP contribution in [0.25, 0.3) is 0 Å². The summed E-state index contributed by atoms with van der Waals surface area (Å²) in [5.41, 5.74) is -0.448. The molecule has 7 nitrogen and oxygen atoms in total. The maximum absolute atomic E-state index is 12.7.